The Morgan fingerprint density at radius 3 is 3.13 bits per heavy atom. The average Bonchev–Trinajstić information content (AvgIpc) is 2.30. The van der Waals surface area contributed by atoms with Gasteiger partial charge in [0.25, 0.3) is 0 Å². The second-order valence-electron chi connectivity index (χ2n) is 3.76. The maximum atomic E-state index is 5.62. The third-order valence-corrected chi connectivity index (χ3v) is 3.14. The van der Waals surface area contributed by atoms with E-state index in [9.17, 15) is 0 Å². The molecular formula is C12H16BrNO. The van der Waals surface area contributed by atoms with E-state index in [1.807, 2.05) is 6.07 Å². The highest BCUT2D eigenvalue weighted by Crippen LogP contribution is 2.32. The van der Waals surface area contributed by atoms with Crippen LogP contribution in [0.25, 0.3) is 0 Å². The third-order valence-electron chi connectivity index (χ3n) is 2.74. The van der Waals surface area contributed by atoms with Crippen LogP contribution in [0.2, 0.25) is 0 Å². The van der Waals surface area contributed by atoms with Crippen LogP contribution in [0.3, 0.4) is 0 Å². The summed E-state index contributed by atoms with van der Waals surface area (Å²) in [7, 11) is 0. The molecule has 1 aromatic carbocycles. The molecule has 3 heteroatoms. The van der Waals surface area contributed by atoms with Crippen LogP contribution in [-0.2, 0) is 0 Å². The van der Waals surface area contributed by atoms with E-state index in [2.05, 4.69) is 39.4 Å². The van der Waals surface area contributed by atoms with Crippen molar-refractivity contribution in [3.8, 4) is 5.75 Å². The second-order valence-corrected chi connectivity index (χ2v) is 4.56. The molecule has 0 saturated carbocycles. The first-order valence-electron chi connectivity index (χ1n) is 5.40. The van der Waals surface area contributed by atoms with Gasteiger partial charge in [0, 0.05) is 24.3 Å². The molecule has 1 atom stereocenters. The molecule has 0 aliphatic carbocycles. The van der Waals surface area contributed by atoms with E-state index in [0.717, 1.165) is 37.2 Å². The lowest BCUT2D eigenvalue weighted by Gasteiger charge is -2.25. The first kappa shape index (κ1) is 11.0. The van der Waals surface area contributed by atoms with Gasteiger partial charge in [-0.1, -0.05) is 34.1 Å². The van der Waals surface area contributed by atoms with Crippen molar-refractivity contribution in [1.82, 2.24) is 5.32 Å². The summed E-state index contributed by atoms with van der Waals surface area (Å²) < 4.78 is 5.62. The number of rotatable bonds is 4. The van der Waals surface area contributed by atoms with E-state index >= 15 is 0 Å². The molecule has 0 radical (unpaired) electrons. The van der Waals surface area contributed by atoms with Crippen LogP contribution in [0, 0.1) is 0 Å². The van der Waals surface area contributed by atoms with Crippen LogP contribution in [0.4, 0.5) is 0 Å². The van der Waals surface area contributed by atoms with Crippen LogP contribution in [0.1, 0.15) is 17.9 Å². The Kier molecular flexibility index (Phi) is 4.03. The van der Waals surface area contributed by atoms with Gasteiger partial charge in [-0.25, -0.2) is 0 Å². The number of para-hydroxylation sites is 1. The van der Waals surface area contributed by atoms with Crippen molar-refractivity contribution < 1.29 is 4.74 Å². The summed E-state index contributed by atoms with van der Waals surface area (Å²) in [6.45, 7) is 2.92. The number of nitrogens with one attached hydrogen (secondary N) is 1. The molecule has 1 N–H and O–H groups in total. The minimum atomic E-state index is 0.606. The summed E-state index contributed by atoms with van der Waals surface area (Å²) in [5, 5.41) is 4.46. The summed E-state index contributed by atoms with van der Waals surface area (Å²) in [6.07, 6.45) is 1.12. The molecule has 0 amide bonds. The van der Waals surface area contributed by atoms with E-state index in [1.165, 1.54) is 5.56 Å². The molecule has 0 bridgehead atoms. The van der Waals surface area contributed by atoms with E-state index < -0.39 is 0 Å². The molecule has 2 rings (SSSR count). The monoisotopic (exact) mass is 269 g/mol. The highest BCUT2D eigenvalue weighted by molar-refractivity contribution is 9.09. The average molecular weight is 270 g/mol. The zero-order valence-corrected chi connectivity index (χ0v) is 10.3. The number of alkyl halides is 1. The minimum Gasteiger partial charge on any atom is -0.493 e. The zero-order chi connectivity index (χ0) is 10.5. The van der Waals surface area contributed by atoms with Gasteiger partial charge in [-0.15, -0.1) is 0 Å². The van der Waals surface area contributed by atoms with Crippen LogP contribution >= 0.6 is 15.9 Å². The maximum absolute atomic E-state index is 5.62. The van der Waals surface area contributed by atoms with Gasteiger partial charge in [0.2, 0.25) is 0 Å². The molecule has 1 aromatic rings. The fourth-order valence-electron chi connectivity index (χ4n) is 1.97. The molecule has 1 heterocycles. The molecule has 15 heavy (non-hydrogen) atoms. The lowest BCUT2D eigenvalue weighted by molar-refractivity contribution is 0.265. The largest absolute Gasteiger partial charge is 0.493 e. The van der Waals surface area contributed by atoms with E-state index in [0.29, 0.717) is 5.92 Å². The summed E-state index contributed by atoms with van der Waals surface area (Å²) in [6, 6.07) is 8.36. The highest BCUT2D eigenvalue weighted by Gasteiger charge is 2.19. The van der Waals surface area contributed by atoms with E-state index in [-0.39, 0.29) is 0 Å². The molecule has 1 aliphatic rings. The molecule has 0 fully saturated rings. The van der Waals surface area contributed by atoms with Gasteiger partial charge in [-0.05, 0) is 18.1 Å². The molecular weight excluding hydrogens is 254 g/mol. The Hall–Kier alpha value is -0.540. The van der Waals surface area contributed by atoms with Crippen LogP contribution in [-0.4, -0.2) is 25.0 Å². The number of hydrogen-bond acceptors (Lipinski definition) is 2. The molecule has 1 aliphatic heterocycles. The predicted octanol–water partition coefficient (Wildman–Crippen LogP) is 2.54. The number of benzene rings is 1. The highest BCUT2D eigenvalue weighted by atomic mass is 79.9. The van der Waals surface area contributed by atoms with Gasteiger partial charge in [-0.2, -0.15) is 0 Å². The van der Waals surface area contributed by atoms with E-state index in [4.69, 9.17) is 4.74 Å². The second kappa shape index (κ2) is 5.52. The van der Waals surface area contributed by atoms with Crippen molar-refractivity contribution in [3.05, 3.63) is 29.8 Å². The van der Waals surface area contributed by atoms with E-state index in [1.54, 1.807) is 0 Å². The summed E-state index contributed by atoms with van der Waals surface area (Å²) >= 11 is 3.42. The Morgan fingerprint density at radius 2 is 2.27 bits per heavy atom. The Balaban J connectivity index is 2.02. The first-order chi connectivity index (χ1) is 7.42. The smallest absolute Gasteiger partial charge is 0.122 e. The molecule has 82 valence electrons. The molecule has 0 aromatic heterocycles. The summed E-state index contributed by atoms with van der Waals surface area (Å²) in [5.74, 6) is 1.67. The van der Waals surface area contributed by atoms with Crippen molar-refractivity contribution in [2.75, 3.05) is 25.0 Å². The van der Waals surface area contributed by atoms with Crippen LogP contribution < -0.4 is 10.1 Å². The van der Waals surface area contributed by atoms with Gasteiger partial charge >= 0.3 is 0 Å². The Morgan fingerprint density at radius 1 is 1.40 bits per heavy atom. The number of ether oxygens (including phenoxy) is 1. The maximum Gasteiger partial charge on any atom is 0.122 e. The van der Waals surface area contributed by atoms with Crippen molar-refractivity contribution in [2.45, 2.75) is 12.3 Å². The molecule has 1 unspecified atom stereocenters. The number of halogens is 1. The predicted molar refractivity (Wildman–Crippen MR) is 66.0 cm³/mol. The van der Waals surface area contributed by atoms with Gasteiger partial charge in [0.1, 0.15) is 5.75 Å². The van der Waals surface area contributed by atoms with Crippen molar-refractivity contribution in [3.63, 3.8) is 0 Å². The fraction of sp³-hybridized carbons (Fsp3) is 0.500. The number of fused-ring (bicyclic) bond motifs is 1. The van der Waals surface area contributed by atoms with Crippen LogP contribution in [0.15, 0.2) is 24.3 Å². The summed E-state index contributed by atoms with van der Waals surface area (Å²) in [4.78, 5) is 0. The van der Waals surface area contributed by atoms with Crippen molar-refractivity contribution >= 4 is 15.9 Å². The molecule has 2 nitrogen and oxygen atoms in total. The Bertz CT molecular complexity index is 316. The van der Waals surface area contributed by atoms with Gasteiger partial charge in [-0.3, -0.25) is 0 Å². The van der Waals surface area contributed by atoms with Gasteiger partial charge in [0.15, 0.2) is 0 Å². The fourth-order valence-corrected chi connectivity index (χ4v) is 2.25. The standard InChI is InChI=1S/C12H16BrNO/c13-6-7-14-9-10-5-8-15-12-4-2-1-3-11(10)12/h1-4,10,14H,5-9H2. The topological polar surface area (TPSA) is 21.3 Å². The van der Waals surface area contributed by atoms with Crippen molar-refractivity contribution in [1.29, 1.82) is 0 Å². The number of hydrogen-bond donors (Lipinski definition) is 1. The quantitative estimate of drug-likeness (QED) is 0.670. The SMILES string of the molecule is BrCCNCC1CCOc2ccccc21. The molecule has 0 saturated heterocycles. The van der Waals surface area contributed by atoms with Crippen molar-refractivity contribution in [2.24, 2.45) is 0 Å². The summed E-state index contributed by atoms with van der Waals surface area (Å²) in [5.41, 5.74) is 1.35. The lowest BCUT2D eigenvalue weighted by atomic mass is 9.93. The lowest BCUT2D eigenvalue weighted by Crippen LogP contribution is -2.27. The van der Waals surface area contributed by atoms with Crippen LogP contribution in [0.5, 0.6) is 5.75 Å². The minimum absolute atomic E-state index is 0.606. The molecule has 0 spiro atoms. The first-order valence-corrected chi connectivity index (χ1v) is 6.52. The normalized spacial score (nSPS) is 19.4. The van der Waals surface area contributed by atoms with Gasteiger partial charge < -0.3 is 10.1 Å². The third kappa shape index (κ3) is 2.73. The zero-order valence-electron chi connectivity index (χ0n) is 8.71. The van der Waals surface area contributed by atoms with Gasteiger partial charge in [0.05, 0.1) is 6.61 Å². The Labute approximate surface area is 99.1 Å².